The average molecular weight is 323 g/mol. The van der Waals surface area contributed by atoms with Crippen molar-refractivity contribution in [2.75, 3.05) is 0 Å². The van der Waals surface area contributed by atoms with Crippen molar-refractivity contribution >= 4 is 17.4 Å². The van der Waals surface area contributed by atoms with Gasteiger partial charge in [0.05, 0.1) is 6.10 Å². The molecule has 3 saturated carbocycles. The maximum Gasteiger partial charge on any atom is 0.139 e. The largest absolute Gasteiger partial charge is 0.388 e. The zero-order chi connectivity index (χ0) is 15.7. The van der Waals surface area contributed by atoms with Gasteiger partial charge in [-0.2, -0.15) is 0 Å². The van der Waals surface area contributed by atoms with E-state index in [0.29, 0.717) is 23.5 Å². The minimum absolute atomic E-state index is 0.0449. The van der Waals surface area contributed by atoms with E-state index in [1.165, 1.54) is 5.57 Å². The molecule has 3 fully saturated rings. The van der Waals surface area contributed by atoms with Crippen molar-refractivity contribution in [2.45, 2.75) is 71.3 Å². The molecule has 1 N–H and O–H groups in total. The molecule has 0 aliphatic heterocycles. The molecule has 3 heteroatoms. The fourth-order valence-electron chi connectivity index (χ4n) is 6.57. The van der Waals surface area contributed by atoms with Crippen LogP contribution in [0.5, 0.6) is 0 Å². The van der Waals surface area contributed by atoms with Crippen LogP contribution in [0.15, 0.2) is 10.6 Å². The first-order valence-corrected chi connectivity index (χ1v) is 9.36. The average Bonchev–Trinajstić information content (AvgIpc) is 2.79. The summed E-state index contributed by atoms with van der Waals surface area (Å²) in [6.45, 7) is 4.61. The van der Waals surface area contributed by atoms with Gasteiger partial charge < -0.3 is 5.11 Å². The van der Waals surface area contributed by atoms with E-state index in [9.17, 15) is 9.90 Å². The Morgan fingerprint density at radius 2 is 1.68 bits per heavy atom. The van der Waals surface area contributed by atoms with Crippen LogP contribution in [0.1, 0.15) is 65.2 Å². The Kier molecular flexibility index (Phi) is 3.34. The van der Waals surface area contributed by atoms with E-state index < -0.39 is 6.10 Å². The van der Waals surface area contributed by atoms with Gasteiger partial charge in [0.2, 0.25) is 0 Å². The molecule has 122 valence electrons. The molecule has 22 heavy (non-hydrogen) atoms. The molecule has 4 aliphatic rings. The molecule has 0 aromatic carbocycles. The normalized spacial score (nSPS) is 51.4. The van der Waals surface area contributed by atoms with E-state index in [0.717, 1.165) is 56.4 Å². The highest BCUT2D eigenvalue weighted by Gasteiger charge is 2.59. The number of rotatable bonds is 0. The zero-order valence-electron chi connectivity index (χ0n) is 13.7. The van der Waals surface area contributed by atoms with Gasteiger partial charge >= 0.3 is 0 Å². The molecular formula is C19H27ClO2. The third-order valence-electron chi connectivity index (χ3n) is 7.90. The summed E-state index contributed by atoms with van der Waals surface area (Å²) in [6, 6.07) is 0. The summed E-state index contributed by atoms with van der Waals surface area (Å²) < 4.78 is 0. The summed E-state index contributed by atoms with van der Waals surface area (Å²) in [7, 11) is 0. The minimum Gasteiger partial charge on any atom is -0.388 e. The van der Waals surface area contributed by atoms with Gasteiger partial charge in [0, 0.05) is 16.9 Å². The number of Topliss-reactive ketones (excluding diaryl/α,β-unsaturated/α-hetero) is 1. The number of aliphatic hydroxyl groups excluding tert-OH is 1. The Morgan fingerprint density at radius 1 is 1.00 bits per heavy atom. The van der Waals surface area contributed by atoms with Crippen LogP contribution >= 0.6 is 11.6 Å². The number of carbonyl (C=O) groups is 1. The Labute approximate surface area is 138 Å². The molecule has 6 atom stereocenters. The van der Waals surface area contributed by atoms with Crippen molar-refractivity contribution in [1.29, 1.82) is 0 Å². The summed E-state index contributed by atoms with van der Waals surface area (Å²) in [5.74, 6) is 2.43. The molecule has 0 saturated heterocycles. The number of hydrogen-bond donors (Lipinski definition) is 1. The second-order valence-electron chi connectivity index (χ2n) is 8.63. The lowest BCUT2D eigenvalue weighted by Crippen LogP contribution is -2.51. The maximum absolute atomic E-state index is 12.4. The quantitative estimate of drug-likeness (QED) is 0.715. The zero-order valence-corrected chi connectivity index (χ0v) is 14.5. The van der Waals surface area contributed by atoms with Crippen molar-refractivity contribution in [1.82, 2.24) is 0 Å². The Morgan fingerprint density at radius 3 is 2.45 bits per heavy atom. The molecule has 0 radical (unpaired) electrons. The van der Waals surface area contributed by atoms with Crippen LogP contribution in [-0.2, 0) is 4.79 Å². The van der Waals surface area contributed by atoms with Crippen molar-refractivity contribution in [3.05, 3.63) is 10.6 Å². The monoisotopic (exact) mass is 322 g/mol. The van der Waals surface area contributed by atoms with Crippen LogP contribution in [0.25, 0.3) is 0 Å². The Balaban J connectivity index is 1.72. The third kappa shape index (κ3) is 1.80. The number of hydrogen-bond acceptors (Lipinski definition) is 2. The van der Waals surface area contributed by atoms with Gasteiger partial charge in [-0.05, 0) is 73.7 Å². The Hall–Kier alpha value is -0.340. The second kappa shape index (κ2) is 4.83. The molecule has 0 aromatic heterocycles. The molecular weight excluding hydrogens is 296 g/mol. The summed E-state index contributed by atoms with van der Waals surface area (Å²) in [5.41, 5.74) is 1.45. The van der Waals surface area contributed by atoms with Crippen LogP contribution in [0.3, 0.4) is 0 Å². The van der Waals surface area contributed by atoms with Gasteiger partial charge in [-0.15, -0.1) is 0 Å². The number of ketones is 1. The van der Waals surface area contributed by atoms with E-state index in [2.05, 4.69) is 13.8 Å². The van der Waals surface area contributed by atoms with Crippen molar-refractivity contribution in [3.63, 3.8) is 0 Å². The maximum atomic E-state index is 12.4. The van der Waals surface area contributed by atoms with Crippen LogP contribution < -0.4 is 0 Å². The standard InChI is InChI=1S/C19H27ClO2/c1-18-10-8-15(21)17(20)14(18)4-3-11-12-5-6-16(22)19(12,2)9-7-13(11)18/h11-13,15,21H,3-10H2,1-2H3. The smallest absolute Gasteiger partial charge is 0.139 e. The number of carbonyl (C=O) groups excluding carboxylic acids is 1. The highest BCUT2D eigenvalue weighted by Crippen LogP contribution is 2.65. The minimum atomic E-state index is -0.441. The lowest BCUT2D eigenvalue weighted by Gasteiger charge is -2.57. The first kappa shape index (κ1) is 15.2. The van der Waals surface area contributed by atoms with Crippen LogP contribution in [0.2, 0.25) is 0 Å². The van der Waals surface area contributed by atoms with Crippen molar-refractivity contribution in [3.8, 4) is 0 Å². The number of aliphatic hydroxyl groups is 1. The molecule has 0 bridgehead atoms. The molecule has 2 nitrogen and oxygen atoms in total. The van der Waals surface area contributed by atoms with E-state index in [1.54, 1.807) is 0 Å². The summed E-state index contributed by atoms with van der Waals surface area (Å²) in [5, 5.41) is 10.9. The second-order valence-corrected chi connectivity index (χ2v) is 9.04. The Bertz CT molecular complexity index is 554. The van der Waals surface area contributed by atoms with Gasteiger partial charge in [0.15, 0.2) is 0 Å². The number of fused-ring (bicyclic) bond motifs is 5. The topological polar surface area (TPSA) is 37.3 Å². The molecule has 0 aromatic rings. The summed E-state index contributed by atoms with van der Waals surface area (Å²) in [6.07, 6.45) is 7.69. The van der Waals surface area contributed by atoms with Gasteiger partial charge in [0.1, 0.15) is 5.78 Å². The van der Waals surface area contributed by atoms with Gasteiger partial charge in [0.25, 0.3) is 0 Å². The molecule has 4 rings (SSSR count). The summed E-state index contributed by atoms with van der Waals surface area (Å²) >= 11 is 6.50. The van der Waals surface area contributed by atoms with Crippen LogP contribution in [-0.4, -0.2) is 17.0 Å². The van der Waals surface area contributed by atoms with Gasteiger partial charge in [-0.25, -0.2) is 0 Å². The van der Waals surface area contributed by atoms with Gasteiger partial charge in [-0.3, -0.25) is 4.79 Å². The van der Waals surface area contributed by atoms with Gasteiger partial charge in [-0.1, -0.05) is 25.4 Å². The third-order valence-corrected chi connectivity index (χ3v) is 8.38. The van der Waals surface area contributed by atoms with E-state index in [-0.39, 0.29) is 10.8 Å². The van der Waals surface area contributed by atoms with Crippen molar-refractivity contribution < 1.29 is 9.90 Å². The lowest BCUT2D eigenvalue weighted by molar-refractivity contribution is -0.132. The fraction of sp³-hybridized carbons (Fsp3) is 0.842. The highest BCUT2D eigenvalue weighted by molar-refractivity contribution is 6.30. The molecule has 6 unspecified atom stereocenters. The first-order valence-electron chi connectivity index (χ1n) is 8.98. The van der Waals surface area contributed by atoms with Crippen LogP contribution in [0.4, 0.5) is 0 Å². The molecule has 4 aliphatic carbocycles. The summed E-state index contributed by atoms with van der Waals surface area (Å²) in [4.78, 5) is 12.4. The predicted molar refractivity (Wildman–Crippen MR) is 87.5 cm³/mol. The molecule has 0 amide bonds. The number of allylic oxidation sites excluding steroid dienone is 1. The SMILES string of the molecule is CC12CCC3C(CCC4=C(Cl)C(O)CCC43C)C1CCC2=O. The fourth-order valence-corrected chi connectivity index (χ4v) is 6.98. The molecule has 0 spiro atoms. The predicted octanol–water partition coefficient (Wildman–Crippen LogP) is 4.45. The first-order chi connectivity index (χ1) is 10.4. The van der Waals surface area contributed by atoms with E-state index >= 15 is 0 Å². The highest BCUT2D eigenvalue weighted by atomic mass is 35.5. The number of halogens is 1. The van der Waals surface area contributed by atoms with E-state index in [1.807, 2.05) is 0 Å². The van der Waals surface area contributed by atoms with E-state index in [4.69, 9.17) is 11.6 Å². The van der Waals surface area contributed by atoms with Crippen molar-refractivity contribution in [2.24, 2.45) is 28.6 Å². The van der Waals surface area contributed by atoms with Crippen LogP contribution in [0, 0.1) is 28.6 Å². The molecule has 0 heterocycles. The lowest BCUT2D eigenvalue weighted by atomic mass is 9.47.